The smallest absolute Gasteiger partial charge is 0.244 e. The number of aryl methyl sites for hydroxylation is 1. The van der Waals surface area contributed by atoms with Gasteiger partial charge in [-0.15, -0.1) is 0 Å². The van der Waals surface area contributed by atoms with Gasteiger partial charge < -0.3 is 11.1 Å². The SMILES string of the molecule is Cc1ccncc1C(Nc1ccccc1Cl)C(N)=O. The Bertz CT molecular complexity index is 601. The Morgan fingerprint density at radius 1 is 1.37 bits per heavy atom. The number of benzene rings is 1. The number of primary amides is 1. The minimum Gasteiger partial charge on any atom is -0.369 e. The van der Waals surface area contributed by atoms with E-state index in [1.54, 1.807) is 24.5 Å². The zero-order valence-corrected chi connectivity index (χ0v) is 11.2. The molecule has 0 aliphatic rings. The molecule has 0 saturated heterocycles. The fourth-order valence-electron chi connectivity index (χ4n) is 1.81. The number of halogens is 1. The van der Waals surface area contributed by atoms with Crippen LogP contribution in [0.5, 0.6) is 0 Å². The molecule has 0 radical (unpaired) electrons. The molecule has 1 aromatic carbocycles. The number of nitrogens with zero attached hydrogens (tertiary/aromatic N) is 1. The molecule has 2 aromatic rings. The van der Waals surface area contributed by atoms with Gasteiger partial charge in [-0.3, -0.25) is 9.78 Å². The van der Waals surface area contributed by atoms with Gasteiger partial charge in [-0.1, -0.05) is 23.7 Å². The molecule has 1 heterocycles. The first-order chi connectivity index (χ1) is 9.09. The lowest BCUT2D eigenvalue weighted by Gasteiger charge is -2.19. The second-order valence-electron chi connectivity index (χ2n) is 4.19. The minimum absolute atomic E-state index is 0.476. The fraction of sp³-hybridized carbons (Fsp3) is 0.143. The van der Waals surface area contributed by atoms with Crippen molar-refractivity contribution in [3.05, 3.63) is 58.9 Å². The Morgan fingerprint density at radius 3 is 2.74 bits per heavy atom. The average molecular weight is 276 g/mol. The third-order valence-electron chi connectivity index (χ3n) is 2.85. The first-order valence-corrected chi connectivity index (χ1v) is 6.18. The Balaban J connectivity index is 2.35. The molecule has 0 spiro atoms. The monoisotopic (exact) mass is 275 g/mol. The molecule has 98 valence electrons. The number of nitrogens with two attached hydrogens (primary N) is 1. The number of carbonyl (C=O) groups excluding carboxylic acids is 1. The Labute approximate surface area is 116 Å². The van der Waals surface area contributed by atoms with Crippen molar-refractivity contribution in [1.82, 2.24) is 4.98 Å². The van der Waals surface area contributed by atoms with Crippen LogP contribution in [0.25, 0.3) is 0 Å². The zero-order valence-electron chi connectivity index (χ0n) is 10.4. The molecule has 0 bridgehead atoms. The number of rotatable bonds is 4. The van der Waals surface area contributed by atoms with E-state index >= 15 is 0 Å². The first-order valence-electron chi connectivity index (χ1n) is 5.80. The maximum Gasteiger partial charge on any atom is 0.244 e. The fourth-order valence-corrected chi connectivity index (χ4v) is 2.00. The molecule has 4 nitrogen and oxygen atoms in total. The molecule has 0 saturated carbocycles. The molecule has 3 N–H and O–H groups in total. The molecule has 2 rings (SSSR count). The van der Waals surface area contributed by atoms with Crippen LogP contribution in [0.1, 0.15) is 17.2 Å². The predicted octanol–water partition coefficient (Wildman–Crippen LogP) is 2.68. The number of aromatic nitrogens is 1. The van der Waals surface area contributed by atoms with Crippen molar-refractivity contribution < 1.29 is 4.79 Å². The van der Waals surface area contributed by atoms with E-state index in [2.05, 4.69) is 10.3 Å². The molecule has 0 aliphatic heterocycles. The standard InChI is InChI=1S/C14H14ClN3O/c1-9-6-7-17-8-10(9)13(14(16)19)18-12-5-3-2-4-11(12)15/h2-8,13,18H,1H3,(H2,16,19). The highest BCUT2D eigenvalue weighted by atomic mass is 35.5. The third kappa shape index (κ3) is 3.03. The van der Waals surface area contributed by atoms with Crippen molar-refractivity contribution in [3.63, 3.8) is 0 Å². The van der Waals surface area contributed by atoms with E-state index in [0.717, 1.165) is 11.1 Å². The Hall–Kier alpha value is -2.07. The summed E-state index contributed by atoms with van der Waals surface area (Å²) in [6.07, 6.45) is 3.31. The number of amides is 1. The van der Waals surface area contributed by atoms with Gasteiger partial charge in [0.2, 0.25) is 5.91 Å². The summed E-state index contributed by atoms with van der Waals surface area (Å²) < 4.78 is 0. The van der Waals surface area contributed by atoms with Crippen LogP contribution in [0.4, 0.5) is 5.69 Å². The van der Waals surface area contributed by atoms with Gasteiger partial charge in [-0.05, 0) is 30.7 Å². The molecule has 0 fully saturated rings. The summed E-state index contributed by atoms with van der Waals surface area (Å²) >= 11 is 6.07. The van der Waals surface area contributed by atoms with Crippen LogP contribution >= 0.6 is 11.6 Å². The number of para-hydroxylation sites is 1. The second kappa shape index (κ2) is 5.71. The Kier molecular flexibility index (Phi) is 4.02. The molecule has 0 aliphatic carbocycles. The van der Waals surface area contributed by atoms with Crippen LogP contribution in [-0.2, 0) is 4.79 Å². The number of anilines is 1. The van der Waals surface area contributed by atoms with Gasteiger partial charge in [0.1, 0.15) is 6.04 Å². The van der Waals surface area contributed by atoms with Gasteiger partial charge in [0.05, 0.1) is 10.7 Å². The van der Waals surface area contributed by atoms with Crippen LogP contribution in [0.15, 0.2) is 42.7 Å². The molecule has 5 heteroatoms. The molecule has 19 heavy (non-hydrogen) atoms. The quantitative estimate of drug-likeness (QED) is 0.901. The summed E-state index contributed by atoms with van der Waals surface area (Å²) in [6, 6.07) is 8.38. The van der Waals surface area contributed by atoms with Crippen LogP contribution in [0, 0.1) is 6.92 Å². The molecular weight excluding hydrogens is 262 g/mol. The van der Waals surface area contributed by atoms with Gasteiger partial charge >= 0.3 is 0 Å². The summed E-state index contributed by atoms with van der Waals surface area (Å²) in [4.78, 5) is 15.7. The van der Waals surface area contributed by atoms with Crippen molar-refractivity contribution >= 4 is 23.2 Å². The number of pyridine rings is 1. The zero-order chi connectivity index (χ0) is 13.8. The molecule has 1 aromatic heterocycles. The second-order valence-corrected chi connectivity index (χ2v) is 4.60. The average Bonchev–Trinajstić information content (AvgIpc) is 2.38. The summed E-state index contributed by atoms with van der Waals surface area (Å²) in [5.41, 5.74) is 7.81. The van der Waals surface area contributed by atoms with Gasteiger partial charge in [-0.2, -0.15) is 0 Å². The summed E-state index contributed by atoms with van der Waals surface area (Å²) in [5, 5.41) is 3.59. The van der Waals surface area contributed by atoms with Gasteiger partial charge in [0, 0.05) is 18.0 Å². The van der Waals surface area contributed by atoms with Gasteiger partial charge in [0.25, 0.3) is 0 Å². The van der Waals surface area contributed by atoms with Gasteiger partial charge in [0.15, 0.2) is 0 Å². The summed E-state index contributed by atoms with van der Waals surface area (Å²) in [6.45, 7) is 1.90. The van der Waals surface area contributed by atoms with Crippen LogP contribution in [0.3, 0.4) is 0 Å². The lowest BCUT2D eigenvalue weighted by molar-refractivity contribution is -0.118. The summed E-state index contributed by atoms with van der Waals surface area (Å²) in [5.74, 6) is -0.476. The van der Waals surface area contributed by atoms with Crippen molar-refractivity contribution in [2.75, 3.05) is 5.32 Å². The number of hydrogen-bond acceptors (Lipinski definition) is 3. The predicted molar refractivity (Wildman–Crippen MR) is 76.0 cm³/mol. The van der Waals surface area contributed by atoms with E-state index in [0.29, 0.717) is 10.7 Å². The minimum atomic E-state index is -0.659. The summed E-state index contributed by atoms with van der Waals surface area (Å²) in [7, 11) is 0. The normalized spacial score (nSPS) is 11.9. The van der Waals surface area contributed by atoms with E-state index in [1.165, 1.54) is 0 Å². The number of carbonyl (C=O) groups is 1. The van der Waals surface area contributed by atoms with Gasteiger partial charge in [-0.25, -0.2) is 0 Å². The van der Waals surface area contributed by atoms with E-state index < -0.39 is 11.9 Å². The highest BCUT2D eigenvalue weighted by Gasteiger charge is 2.20. The number of nitrogens with one attached hydrogen (secondary N) is 1. The van der Waals surface area contributed by atoms with Crippen molar-refractivity contribution in [2.24, 2.45) is 5.73 Å². The highest BCUT2D eigenvalue weighted by Crippen LogP contribution is 2.26. The highest BCUT2D eigenvalue weighted by molar-refractivity contribution is 6.33. The molecule has 1 amide bonds. The molecule has 1 atom stereocenters. The largest absolute Gasteiger partial charge is 0.369 e. The molecular formula is C14H14ClN3O. The lowest BCUT2D eigenvalue weighted by atomic mass is 10.0. The third-order valence-corrected chi connectivity index (χ3v) is 3.18. The van der Waals surface area contributed by atoms with Crippen LogP contribution < -0.4 is 11.1 Å². The Morgan fingerprint density at radius 2 is 2.11 bits per heavy atom. The van der Waals surface area contributed by atoms with E-state index in [4.69, 9.17) is 17.3 Å². The van der Waals surface area contributed by atoms with Crippen molar-refractivity contribution in [2.45, 2.75) is 13.0 Å². The van der Waals surface area contributed by atoms with Crippen molar-refractivity contribution in [3.8, 4) is 0 Å². The van der Waals surface area contributed by atoms with E-state index in [1.807, 2.05) is 25.1 Å². The van der Waals surface area contributed by atoms with E-state index in [-0.39, 0.29) is 0 Å². The maximum absolute atomic E-state index is 11.7. The number of hydrogen-bond donors (Lipinski definition) is 2. The van der Waals surface area contributed by atoms with Crippen LogP contribution in [-0.4, -0.2) is 10.9 Å². The maximum atomic E-state index is 11.7. The molecule has 1 unspecified atom stereocenters. The lowest BCUT2D eigenvalue weighted by Crippen LogP contribution is -2.28. The van der Waals surface area contributed by atoms with Crippen molar-refractivity contribution in [1.29, 1.82) is 0 Å². The van der Waals surface area contributed by atoms with Crippen LogP contribution in [0.2, 0.25) is 5.02 Å². The topological polar surface area (TPSA) is 68.0 Å². The van der Waals surface area contributed by atoms with E-state index in [9.17, 15) is 4.79 Å². The first kappa shape index (κ1) is 13.4.